The Kier molecular flexibility index (Phi) is 6.16. The van der Waals surface area contributed by atoms with Gasteiger partial charge in [-0.1, -0.05) is 20.3 Å². The van der Waals surface area contributed by atoms with Gasteiger partial charge in [-0.3, -0.25) is 4.79 Å². The van der Waals surface area contributed by atoms with E-state index in [-0.39, 0.29) is 11.8 Å². The van der Waals surface area contributed by atoms with Crippen LogP contribution in [0.4, 0.5) is 0 Å². The molecule has 0 aliphatic carbocycles. The summed E-state index contributed by atoms with van der Waals surface area (Å²) in [5, 5.41) is 2.88. The van der Waals surface area contributed by atoms with Gasteiger partial charge in [0, 0.05) is 11.4 Å². The van der Waals surface area contributed by atoms with Crippen LogP contribution >= 0.6 is 27.3 Å². The number of halogens is 1. The summed E-state index contributed by atoms with van der Waals surface area (Å²) in [6, 6.07) is 3.69. The van der Waals surface area contributed by atoms with E-state index in [0.717, 1.165) is 16.6 Å². The standard InChI is InChI=1S/C12H19BrN2OS/c1-3-8(2)11(14)12(16)15-7-6-9-4-5-10(13)17-9/h4-5,8,11H,3,6-7,14H2,1-2H3,(H,15,16)/t8?,11-/m0/s1. The summed E-state index contributed by atoms with van der Waals surface area (Å²) >= 11 is 5.11. The average molecular weight is 319 g/mol. The Hall–Kier alpha value is -0.390. The van der Waals surface area contributed by atoms with E-state index in [1.54, 1.807) is 11.3 Å². The highest BCUT2D eigenvalue weighted by molar-refractivity contribution is 9.11. The van der Waals surface area contributed by atoms with Gasteiger partial charge < -0.3 is 11.1 Å². The van der Waals surface area contributed by atoms with Crippen molar-refractivity contribution in [2.75, 3.05) is 6.54 Å². The number of nitrogens with two attached hydrogens (primary N) is 1. The largest absolute Gasteiger partial charge is 0.354 e. The molecule has 3 nitrogen and oxygen atoms in total. The maximum absolute atomic E-state index is 11.7. The second kappa shape index (κ2) is 7.13. The molecule has 1 unspecified atom stereocenters. The molecule has 0 bridgehead atoms. The van der Waals surface area contributed by atoms with Crippen LogP contribution in [0.25, 0.3) is 0 Å². The van der Waals surface area contributed by atoms with E-state index in [1.165, 1.54) is 4.88 Å². The molecule has 0 spiro atoms. The molecule has 0 fully saturated rings. The van der Waals surface area contributed by atoms with Crippen molar-refractivity contribution in [2.24, 2.45) is 11.7 Å². The van der Waals surface area contributed by atoms with Gasteiger partial charge in [-0.05, 0) is 40.4 Å². The molecule has 0 saturated heterocycles. The number of rotatable bonds is 6. The lowest BCUT2D eigenvalue weighted by molar-refractivity contribution is -0.123. The van der Waals surface area contributed by atoms with Crippen molar-refractivity contribution in [2.45, 2.75) is 32.7 Å². The second-order valence-electron chi connectivity index (χ2n) is 4.16. The summed E-state index contributed by atoms with van der Waals surface area (Å²) in [6.45, 7) is 4.69. The van der Waals surface area contributed by atoms with Gasteiger partial charge in [0.25, 0.3) is 0 Å². The maximum Gasteiger partial charge on any atom is 0.237 e. The summed E-state index contributed by atoms with van der Waals surface area (Å²) in [6.07, 6.45) is 1.78. The van der Waals surface area contributed by atoms with Gasteiger partial charge in [-0.2, -0.15) is 0 Å². The molecule has 0 aliphatic rings. The molecule has 1 rings (SSSR count). The maximum atomic E-state index is 11.7. The first-order valence-corrected chi connectivity index (χ1v) is 7.43. The molecule has 1 amide bonds. The number of nitrogens with one attached hydrogen (secondary N) is 1. The Bertz CT molecular complexity index is 367. The molecule has 0 radical (unpaired) electrons. The van der Waals surface area contributed by atoms with E-state index in [2.05, 4.69) is 27.3 Å². The molecule has 5 heteroatoms. The van der Waals surface area contributed by atoms with Gasteiger partial charge in [0.15, 0.2) is 0 Å². The number of carbonyl (C=O) groups is 1. The van der Waals surface area contributed by atoms with Crippen LogP contribution in [-0.2, 0) is 11.2 Å². The van der Waals surface area contributed by atoms with E-state index in [4.69, 9.17) is 5.73 Å². The highest BCUT2D eigenvalue weighted by Gasteiger charge is 2.18. The number of thiophene rings is 1. The first kappa shape index (κ1) is 14.7. The monoisotopic (exact) mass is 318 g/mol. The SMILES string of the molecule is CCC(C)[C@H](N)C(=O)NCCc1ccc(Br)s1. The third-order valence-corrected chi connectivity index (χ3v) is 4.54. The average Bonchev–Trinajstić information content (AvgIpc) is 2.72. The summed E-state index contributed by atoms with van der Waals surface area (Å²) in [7, 11) is 0. The summed E-state index contributed by atoms with van der Waals surface area (Å²) in [5.74, 6) is 0.181. The van der Waals surface area contributed by atoms with Crippen LogP contribution in [0, 0.1) is 5.92 Å². The number of amides is 1. The highest BCUT2D eigenvalue weighted by atomic mass is 79.9. The third kappa shape index (κ3) is 4.77. The highest BCUT2D eigenvalue weighted by Crippen LogP contribution is 2.22. The van der Waals surface area contributed by atoms with Crippen LogP contribution in [0.2, 0.25) is 0 Å². The Morgan fingerprint density at radius 2 is 2.29 bits per heavy atom. The van der Waals surface area contributed by atoms with Crippen molar-refractivity contribution >= 4 is 33.2 Å². The first-order chi connectivity index (χ1) is 8.04. The quantitative estimate of drug-likeness (QED) is 0.847. The van der Waals surface area contributed by atoms with Crippen molar-refractivity contribution in [3.05, 3.63) is 20.8 Å². The minimum Gasteiger partial charge on any atom is -0.354 e. The van der Waals surface area contributed by atoms with Crippen LogP contribution in [0.1, 0.15) is 25.1 Å². The Morgan fingerprint density at radius 1 is 1.59 bits per heavy atom. The van der Waals surface area contributed by atoms with Crippen molar-refractivity contribution < 1.29 is 4.79 Å². The smallest absolute Gasteiger partial charge is 0.237 e. The third-order valence-electron chi connectivity index (χ3n) is 2.86. The zero-order chi connectivity index (χ0) is 12.8. The fraction of sp³-hybridized carbons (Fsp3) is 0.583. The Morgan fingerprint density at radius 3 is 2.82 bits per heavy atom. The molecule has 0 saturated carbocycles. The number of hydrogen-bond donors (Lipinski definition) is 2. The summed E-state index contributed by atoms with van der Waals surface area (Å²) < 4.78 is 1.12. The van der Waals surface area contributed by atoms with Gasteiger partial charge in [0.2, 0.25) is 5.91 Å². The Balaban J connectivity index is 2.29. The molecule has 17 heavy (non-hydrogen) atoms. The molecule has 3 N–H and O–H groups in total. The topological polar surface area (TPSA) is 55.1 Å². The van der Waals surface area contributed by atoms with Gasteiger partial charge >= 0.3 is 0 Å². The minimum absolute atomic E-state index is 0.0463. The molecule has 2 atom stereocenters. The molecule has 1 aromatic rings. The van der Waals surface area contributed by atoms with E-state index in [0.29, 0.717) is 6.54 Å². The second-order valence-corrected chi connectivity index (χ2v) is 6.71. The van der Waals surface area contributed by atoms with Crippen LogP contribution in [0.3, 0.4) is 0 Å². The van der Waals surface area contributed by atoms with E-state index < -0.39 is 6.04 Å². The van der Waals surface area contributed by atoms with E-state index in [1.807, 2.05) is 19.9 Å². The normalized spacial score (nSPS) is 14.4. The van der Waals surface area contributed by atoms with Crippen LogP contribution in [-0.4, -0.2) is 18.5 Å². The summed E-state index contributed by atoms with van der Waals surface area (Å²) in [5.41, 5.74) is 5.84. The fourth-order valence-electron chi connectivity index (χ4n) is 1.43. The van der Waals surface area contributed by atoms with Crippen LogP contribution < -0.4 is 11.1 Å². The predicted octanol–water partition coefficient (Wildman–Crippen LogP) is 2.54. The molecular formula is C12H19BrN2OS. The number of hydrogen-bond acceptors (Lipinski definition) is 3. The molecule has 1 aromatic heterocycles. The molecule has 96 valence electrons. The van der Waals surface area contributed by atoms with Gasteiger partial charge in [-0.25, -0.2) is 0 Å². The number of carbonyl (C=O) groups excluding carboxylic acids is 1. The van der Waals surface area contributed by atoms with Gasteiger partial charge in [0.1, 0.15) is 0 Å². The van der Waals surface area contributed by atoms with Crippen molar-refractivity contribution in [3.63, 3.8) is 0 Å². The van der Waals surface area contributed by atoms with Crippen molar-refractivity contribution in [1.29, 1.82) is 0 Å². The molecular weight excluding hydrogens is 300 g/mol. The zero-order valence-corrected chi connectivity index (χ0v) is 12.6. The lowest BCUT2D eigenvalue weighted by atomic mass is 9.99. The first-order valence-electron chi connectivity index (χ1n) is 5.82. The van der Waals surface area contributed by atoms with E-state index >= 15 is 0 Å². The van der Waals surface area contributed by atoms with Crippen molar-refractivity contribution in [3.8, 4) is 0 Å². The lowest BCUT2D eigenvalue weighted by Gasteiger charge is -2.17. The van der Waals surface area contributed by atoms with Crippen molar-refractivity contribution in [1.82, 2.24) is 5.32 Å². The van der Waals surface area contributed by atoms with E-state index in [9.17, 15) is 4.79 Å². The fourth-order valence-corrected chi connectivity index (χ4v) is 2.91. The van der Waals surface area contributed by atoms with Crippen LogP contribution in [0.5, 0.6) is 0 Å². The lowest BCUT2D eigenvalue weighted by Crippen LogP contribution is -2.45. The predicted molar refractivity (Wildman–Crippen MR) is 76.2 cm³/mol. The molecule has 0 aliphatic heterocycles. The van der Waals surface area contributed by atoms with Gasteiger partial charge in [-0.15, -0.1) is 11.3 Å². The minimum atomic E-state index is -0.393. The molecule has 1 heterocycles. The summed E-state index contributed by atoms with van der Waals surface area (Å²) in [4.78, 5) is 13.0. The van der Waals surface area contributed by atoms with Gasteiger partial charge in [0.05, 0.1) is 9.83 Å². The van der Waals surface area contributed by atoms with Crippen LogP contribution in [0.15, 0.2) is 15.9 Å². The Labute approximate surface area is 115 Å². The zero-order valence-electron chi connectivity index (χ0n) is 10.2. The molecule has 0 aromatic carbocycles.